The van der Waals surface area contributed by atoms with Gasteiger partial charge in [0.2, 0.25) is 0 Å². The second-order valence-electron chi connectivity index (χ2n) is 3.62. The molecule has 0 spiro atoms. The molecule has 0 bridgehead atoms. The lowest BCUT2D eigenvalue weighted by atomic mass is 10.3. The van der Waals surface area contributed by atoms with E-state index in [1.807, 2.05) is 12.1 Å². The fourth-order valence-corrected chi connectivity index (χ4v) is 3.28. The van der Waals surface area contributed by atoms with Crippen LogP contribution in [0.25, 0.3) is 0 Å². The molecule has 2 aromatic rings. The van der Waals surface area contributed by atoms with Crippen molar-refractivity contribution < 1.29 is 18.2 Å². The topological polar surface area (TPSA) is 52.6 Å². The summed E-state index contributed by atoms with van der Waals surface area (Å²) in [5, 5.41) is 0. The molecule has 2 aromatic carbocycles. The first-order chi connectivity index (χ1) is 9.24. The van der Waals surface area contributed by atoms with Gasteiger partial charge in [0.15, 0.2) is 11.5 Å². The standard InChI is InChI=1S/C13H12O4P2/c14-18(16-12-7-3-1-4-8-12)11-19(15)17-13-9-5-2-6-10-13/h1-10H,11H2/q+2. The molecule has 2 unspecified atom stereocenters. The number of hydrogen-bond donors (Lipinski definition) is 0. The Morgan fingerprint density at radius 2 is 1.05 bits per heavy atom. The summed E-state index contributed by atoms with van der Waals surface area (Å²) in [5.74, 6) is 0.854. The Kier molecular flexibility index (Phi) is 5.02. The van der Waals surface area contributed by atoms with Crippen molar-refractivity contribution in [1.29, 1.82) is 0 Å². The van der Waals surface area contributed by atoms with Crippen LogP contribution in [0.4, 0.5) is 0 Å². The van der Waals surface area contributed by atoms with Gasteiger partial charge < -0.3 is 0 Å². The van der Waals surface area contributed by atoms with Gasteiger partial charge in [0.25, 0.3) is 0 Å². The maximum Gasteiger partial charge on any atom is 0.613 e. The van der Waals surface area contributed by atoms with Crippen molar-refractivity contribution in [3.63, 3.8) is 0 Å². The van der Waals surface area contributed by atoms with Crippen molar-refractivity contribution >= 4 is 16.1 Å². The molecule has 0 aliphatic carbocycles. The summed E-state index contributed by atoms with van der Waals surface area (Å²) in [6.45, 7) is 0. The first-order valence-electron chi connectivity index (χ1n) is 5.59. The number of para-hydroxylation sites is 2. The number of benzene rings is 2. The second kappa shape index (κ2) is 6.98. The molecular weight excluding hydrogens is 282 g/mol. The van der Waals surface area contributed by atoms with E-state index < -0.39 is 16.1 Å². The number of hydrogen-bond acceptors (Lipinski definition) is 4. The van der Waals surface area contributed by atoms with Crippen LogP contribution in [0.5, 0.6) is 11.5 Å². The van der Waals surface area contributed by atoms with E-state index in [0.717, 1.165) is 0 Å². The van der Waals surface area contributed by atoms with Crippen LogP contribution < -0.4 is 9.05 Å². The molecule has 96 valence electrons. The first kappa shape index (κ1) is 13.7. The molecule has 0 aromatic heterocycles. The van der Waals surface area contributed by atoms with Crippen LogP contribution in [0.2, 0.25) is 0 Å². The average Bonchev–Trinajstić information content (AvgIpc) is 2.40. The van der Waals surface area contributed by atoms with E-state index in [1.165, 1.54) is 0 Å². The molecule has 0 fully saturated rings. The summed E-state index contributed by atoms with van der Waals surface area (Å²) in [5.41, 5.74) is 0. The van der Waals surface area contributed by atoms with Gasteiger partial charge in [-0.2, -0.15) is 0 Å². The lowest BCUT2D eigenvalue weighted by Gasteiger charge is -1.91. The molecule has 2 atom stereocenters. The average molecular weight is 294 g/mol. The van der Waals surface area contributed by atoms with Crippen molar-refractivity contribution in [3.05, 3.63) is 60.7 Å². The highest BCUT2D eigenvalue weighted by molar-refractivity contribution is 7.57. The molecule has 6 heteroatoms. The first-order valence-corrected chi connectivity index (χ1v) is 8.32. The van der Waals surface area contributed by atoms with Gasteiger partial charge in [-0.3, -0.25) is 9.05 Å². The Hall–Kier alpha value is -1.76. The summed E-state index contributed by atoms with van der Waals surface area (Å²) in [7, 11) is -4.10. The fourth-order valence-electron chi connectivity index (χ4n) is 1.35. The third-order valence-corrected chi connectivity index (χ3v) is 4.81. The van der Waals surface area contributed by atoms with Gasteiger partial charge in [0.05, 0.1) is 0 Å². The maximum absolute atomic E-state index is 11.7. The lowest BCUT2D eigenvalue weighted by Crippen LogP contribution is -1.87. The molecule has 0 amide bonds. The van der Waals surface area contributed by atoms with Gasteiger partial charge in [0, 0.05) is 0 Å². The molecule has 0 N–H and O–H groups in total. The van der Waals surface area contributed by atoms with Gasteiger partial charge in [-0.1, -0.05) is 36.4 Å². The molecule has 0 saturated carbocycles. The van der Waals surface area contributed by atoms with E-state index >= 15 is 0 Å². The minimum atomic E-state index is -2.05. The molecule has 0 saturated heterocycles. The van der Waals surface area contributed by atoms with Crippen LogP contribution in [0.1, 0.15) is 0 Å². The quantitative estimate of drug-likeness (QED) is 0.731. The van der Waals surface area contributed by atoms with Crippen LogP contribution in [0.15, 0.2) is 60.7 Å². The Labute approximate surface area is 113 Å². The third kappa shape index (κ3) is 4.78. The highest BCUT2D eigenvalue weighted by Crippen LogP contribution is 2.38. The molecular formula is C13H12O4P2+2. The zero-order chi connectivity index (χ0) is 13.5. The zero-order valence-corrected chi connectivity index (χ0v) is 11.8. The van der Waals surface area contributed by atoms with E-state index in [-0.39, 0.29) is 5.90 Å². The summed E-state index contributed by atoms with van der Waals surface area (Å²) in [4.78, 5) is 0. The van der Waals surface area contributed by atoms with Crippen molar-refractivity contribution in [3.8, 4) is 11.5 Å². The second-order valence-corrected chi connectivity index (χ2v) is 6.44. The van der Waals surface area contributed by atoms with Gasteiger partial charge in [-0.05, 0) is 33.4 Å². The van der Waals surface area contributed by atoms with Crippen LogP contribution in [-0.4, -0.2) is 5.90 Å². The highest BCUT2D eigenvalue weighted by Gasteiger charge is 2.37. The molecule has 0 aliphatic rings. The molecule has 0 aliphatic heterocycles. The summed E-state index contributed by atoms with van der Waals surface area (Å²) in [6.07, 6.45) is 0. The highest BCUT2D eigenvalue weighted by atomic mass is 31.2. The van der Waals surface area contributed by atoms with Crippen LogP contribution in [0, 0.1) is 0 Å². The third-order valence-electron chi connectivity index (χ3n) is 2.13. The van der Waals surface area contributed by atoms with Crippen LogP contribution >= 0.6 is 16.1 Å². The SMILES string of the molecule is O=[P+](C[P+](=O)Oc1ccccc1)Oc1ccccc1. The monoisotopic (exact) mass is 294 g/mol. The van der Waals surface area contributed by atoms with E-state index in [0.29, 0.717) is 11.5 Å². The van der Waals surface area contributed by atoms with Gasteiger partial charge in [-0.15, -0.1) is 0 Å². The van der Waals surface area contributed by atoms with Crippen molar-refractivity contribution in [2.24, 2.45) is 0 Å². The smallest absolute Gasteiger partial charge is 0.251 e. The van der Waals surface area contributed by atoms with Gasteiger partial charge in [-0.25, -0.2) is 0 Å². The fraction of sp³-hybridized carbons (Fsp3) is 0.0769. The summed E-state index contributed by atoms with van der Waals surface area (Å²) in [6, 6.07) is 17.5. The van der Waals surface area contributed by atoms with Crippen LogP contribution in [0.3, 0.4) is 0 Å². The van der Waals surface area contributed by atoms with Crippen molar-refractivity contribution in [2.75, 3.05) is 5.90 Å². The van der Waals surface area contributed by atoms with E-state index in [9.17, 15) is 9.13 Å². The van der Waals surface area contributed by atoms with Crippen molar-refractivity contribution in [1.82, 2.24) is 0 Å². The minimum Gasteiger partial charge on any atom is -0.251 e. The van der Waals surface area contributed by atoms with Gasteiger partial charge >= 0.3 is 22.0 Å². The Balaban J connectivity index is 1.84. The molecule has 4 nitrogen and oxygen atoms in total. The molecule has 0 heterocycles. The predicted molar refractivity (Wildman–Crippen MR) is 74.2 cm³/mol. The molecule has 19 heavy (non-hydrogen) atoms. The Bertz CT molecular complexity index is 506. The summed E-state index contributed by atoms with van der Waals surface area (Å²) >= 11 is 0. The molecule has 0 radical (unpaired) electrons. The van der Waals surface area contributed by atoms with E-state index in [1.54, 1.807) is 48.5 Å². The minimum absolute atomic E-state index is 0.131. The normalized spacial score (nSPS) is 11.6. The van der Waals surface area contributed by atoms with E-state index in [4.69, 9.17) is 9.05 Å². The zero-order valence-electron chi connectivity index (χ0n) is 10.0. The largest absolute Gasteiger partial charge is 0.613 e. The van der Waals surface area contributed by atoms with Crippen LogP contribution in [-0.2, 0) is 9.13 Å². The maximum atomic E-state index is 11.7. The van der Waals surface area contributed by atoms with E-state index in [2.05, 4.69) is 0 Å². The van der Waals surface area contributed by atoms with Gasteiger partial charge in [0.1, 0.15) is 0 Å². The lowest BCUT2D eigenvalue weighted by molar-refractivity contribution is 0.495. The Morgan fingerprint density at radius 1 is 0.684 bits per heavy atom. The Morgan fingerprint density at radius 3 is 1.42 bits per heavy atom. The predicted octanol–water partition coefficient (Wildman–Crippen LogP) is 4.59. The summed E-state index contributed by atoms with van der Waals surface area (Å²) < 4.78 is 33.7. The molecule has 2 rings (SSSR count). The van der Waals surface area contributed by atoms with Crippen molar-refractivity contribution in [2.45, 2.75) is 0 Å². The number of rotatable bonds is 6.